The second kappa shape index (κ2) is 15.0. The maximum Gasteiger partial charge on any atom is 0.242 e. The SMILES string of the molecule is CC(=O)C1CCC(CN2C(=O)CC(SCCCCCOc3ccc(C4C[C@@]5(C)C(CC[C@@H]5O)C5CCc6cc(O)ccc6C45)cc3)C2=O)CC1. The third kappa shape index (κ3) is 7.13. The molecular formula is C42H55NO6S. The van der Waals surface area contributed by atoms with Crippen LogP contribution in [0.3, 0.4) is 0 Å². The summed E-state index contributed by atoms with van der Waals surface area (Å²) in [4.78, 5) is 38.8. The Morgan fingerprint density at radius 1 is 0.980 bits per heavy atom. The van der Waals surface area contributed by atoms with E-state index < -0.39 is 0 Å². The van der Waals surface area contributed by atoms with Gasteiger partial charge in [0.2, 0.25) is 11.8 Å². The number of phenolic OH excluding ortho intramolecular Hbond substituents is 1. The van der Waals surface area contributed by atoms with Crippen molar-refractivity contribution in [2.24, 2.45) is 29.1 Å². The number of fused-ring (bicyclic) bond motifs is 5. The van der Waals surface area contributed by atoms with Gasteiger partial charge in [-0.25, -0.2) is 0 Å². The van der Waals surface area contributed by atoms with Crippen molar-refractivity contribution in [3.8, 4) is 11.5 Å². The number of aliphatic hydroxyl groups excluding tert-OH is 1. The molecule has 5 aliphatic rings. The normalized spacial score (nSPS) is 33.5. The number of hydrogen-bond acceptors (Lipinski definition) is 7. The van der Waals surface area contributed by atoms with Crippen molar-refractivity contribution < 1.29 is 29.3 Å². The summed E-state index contributed by atoms with van der Waals surface area (Å²) in [5.41, 5.74) is 3.91. The molecule has 0 aromatic heterocycles. The molecule has 4 aliphatic carbocycles. The number of aliphatic hydroxyl groups is 1. The number of amides is 2. The van der Waals surface area contributed by atoms with E-state index in [0.717, 1.165) is 88.6 Å². The van der Waals surface area contributed by atoms with Crippen molar-refractivity contribution in [1.82, 2.24) is 4.90 Å². The molecule has 1 aliphatic heterocycles. The first kappa shape index (κ1) is 35.6. The number of unbranched alkanes of at least 4 members (excludes halogenated alkanes) is 2. The number of carbonyl (C=O) groups is 3. The van der Waals surface area contributed by atoms with Crippen molar-refractivity contribution in [2.45, 2.75) is 121 Å². The van der Waals surface area contributed by atoms with E-state index in [9.17, 15) is 24.6 Å². The topological polar surface area (TPSA) is 104 Å². The molecule has 7 rings (SSSR count). The zero-order chi connectivity index (χ0) is 35.0. The van der Waals surface area contributed by atoms with Gasteiger partial charge >= 0.3 is 0 Å². The fourth-order valence-corrected chi connectivity index (χ4v) is 11.8. The van der Waals surface area contributed by atoms with Crippen LogP contribution in [0, 0.1) is 29.1 Å². The van der Waals surface area contributed by atoms with Gasteiger partial charge in [-0.2, -0.15) is 0 Å². The lowest BCUT2D eigenvalue weighted by molar-refractivity contribution is -0.139. The Labute approximate surface area is 301 Å². The molecule has 2 amide bonds. The third-order valence-electron chi connectivity index (χ3n) is 13.4. The predicted octanol–water partition coefficient (Wildman–Crippen LogP) is 7.81. The van der Waals surface area contributed by atoms with Crippen molar-refractivity contribution in [3.05, 3.63) is 59.2 Å². The van der Waals surface area contributed by atoms with Gasteiger partial charge in [-0.05, 0) is 166 Å². The van der Waals surface area contributed by atoms with Crippen LogP contribution in [0.4, 0.5) is 0 Å². The monoisotopic (exact) mass is 701 g/mol. The number of Topliss-reactive ketones (excluding diaryl/α,β-unsaturated/α-hetero) is 1. The highest BCUT2D eigenvalue weighted by atomic mass is 32.2. The smallest absolute Gasteiger partial charge is 0.242 e. The summed E-state index contributed by atoms with van der Waals surface area (Å²) >= 11 is 1.62. The maximum atomic E-state index is 13.0. The second-order valence-electron chi connectivity index (χ2n) is 16.3. The fraction of sp³-hybridized carbons (Fsp3) is 0.643. The minimum atomic E-state index is -0.259. The van der Waals surface area contributed by atoms with Crippen LogP contribution in [0.5, 0.6) is 11.5 Å². The third-order valence-corrected chi connectivity index (χ3v) is 14.7. The number of ketones is 1. The molecule has 7 atom stereocenters. The maximum absolute atomic E-state index is 13.0. The van der Waals surface area contributed by atoms with E-state index in [1.807, 2.05) is 12.1 Å². The Kier molecular flexibility index (Phi) is 10.7. The highest BCUT2D eigenvalue weighted by molar-refractivity contribution is 8.00. The van der Waals surface area contributed by atoms with E-state index in [1.54, 1.807) is 18.7 Å². The molecule has 1 heterocycles. The van der Waals surface area contributed by atoms with Crippen molar-refractivity contribution in [2.75, 3.05) is 18.9 Å². The van der Waals surface area contributed by atoms with Crippen LogP contribution in [0.25, 0.3) is 0 Å². The summed E-state index contributed by atoms with van der Waals surface area (Å²) in [6.07, 6.45) is 11.6. The van der Waals surface area contributed by atoms with Gasteiger partial charge in [0, 0.05) is 18.9 Å². The van der Waals surface area contributed by atoms with Gasteiger partial charge in [0.25, 0.3) is 0 Å². The minimum Gasteiger partial charge on any atom is -0.508 e. The highest BCUT2D eigenvalue weighted by Gasteiger charge is 2.57. The Balaban J connectivity index is 0.865. The standard InChI is InChI=1S/C42H55NO6S/c1-26(44)28-8-6-27(7-9-28)25-43-39(47)23-37(41(43)48)50-21-5-3-4-20-49-32-14-10-29(11-15-32)35-24-42(2)36(18-19-38(42)46)34-16-12-30-22-31(45)13-17-33(30)40(34)35/h10-11,13-15,17,22,27-28,34-38,40,45-46H,3-9,12,16,18-21,23-25H2,1-2H3/t27?,28?,34?,35?,36?,37?,38-,40?,42-/m0/s1. The fourth-order valence-electron chi connectivity index (χ4n) is 10.6. The van der Waals surface area contributed by atoms with E-state index in [4.69, 9.17) is 4.74 Å². The molecule has 50 heavy (non-hydrogen) atoms. The molecular weight excluding hydrogens is 647 g/mol. The number of hydrogen-bond donors (Lipinski definition) is 2. The van der Waals surface area contributed by atoms with Gasteiger partial charge in [-0.1, -0.05) is 25.1 Å². The van der Waals surface area contributed by atoms with Crippen LogP contribution in [-0.2, 0) is 20.8 Å². The summed E-state index contributed by atoms with van der Waals surface area (Å²) in [6.45, 7) is 5.15. The zero-order valence-corrected chi connectivity index (χ0v) is 30.7. The summed E-state index contributed by atoms with van der Waals surface area (Å²) in [6, 6.07) is 14.6. The molecule has 8 heteroatoms. The second-order valence-corrected chi connectivity index (χ2v) is 17.7. The van der Waals surface area contributed by atoms with Crippen LogP contribution in [0.2, 0.25) is 0 Å². The molecule has 0 radical (unpaired) electrons. The number of thioether (sulfide) groups is 1. The number of benzene rings is 2. The Morgan fingerprint density at radius 3 is 2.52 bits per heavy atom. The summed E-state index contributed by atoms with van der Waals surface area (Å²) in [5.74, 6) is 4.53. The molecule has 7 nitrogen and oxygen atoms in total. The first-order valence-electron chi connectivity index (χ1n) is 19.3. The average Bonchev–Trinajstić information content (AvgIpc) is 3.56. The Bertz CT molecular complexity index is 1550. The number of aromatic hydroxyl groups is 1. The lowest BCUT2D eigenvalue weighted by Gasteiger charge is -2.54. The number of carbonyl (C=O) groups excluding carboxylic acids is 3. The van der Waals surface area contributed by atoms with Gasteiger partial charge < -0.3 is 14.9 Å². The molecule has 2 N–H and O–H groups in total. The number of phenols is 1. The number of nitrogens with zero attached hydrogens (tertiary/aromatic N) is 1. The minimum absolute atomic E-state index is 0.0236. The van der Waals surface area contributed by atoms with Crippen molar-refractivity contribution >= 4 is 29.4 Å². The number of rotatable bonds is 12. The number of aryl methyl sites for hydroxylation is 1. The van der Waals surface area contributed by atoms with E-state index >= 15 is 0 Å². The van der Waals surface area contributed by atoms with Crippen LogP contribution < -0.4 is 4.74 Å². The quantitative estimate of drug-likeness (QED) is 0.172. The van der Waals surface area contributed by atoms with E-state index in [-0.39, 0.29) is 40.3 Å². The summed E-state index contributed by atoms with van der Waals surface area (Å²) in [7, 11) is 0. The van der Waals surface area contributed by atoms with Crippen molar-refractivity contribution in [1.29, 1.82) is 0 Å². The largest absolute Gasteiger partial charge is 0.508 e. The van der Waals surface area contributed by atoms with Gasteiger partial charge in [0.15, 0.2) is 0 Å². The van der Waals surface area contributed by atoms with Crippen LogP contribution in [-0.4, -0.2) is 63.0 Å². The first-order valence-corrected chi connectivity index (χ1v) is 20.4. The number of imide groups is 1. The summed E-state index contributed by atoms with van der Waals surface area (Å²) in [5, 5.41) is 21.1. The van der Waals surface area contributed by atoms with E-state index in [0.29, 0.717) is 54.9 Å². The Morgan fingerprint density at radius 2 is 1.76 bits per heavy atom. The molecule has 270 valence electrons. The lowest BCUT2D eigenvalue weighted by atomic mass is 9.51. The van der Waals surface area contributed by atoms with Crippen LogP contribution in [0.1, 0.15) is 119 Å². The molecule has 0 bridgehead atoms. The average molecular weight is 702 g/mol. The first-order chi connectivity index (χ1) is 24.1. The molecule has 2 aromatic rings. The Hall–Kier alpha value is -2.84. The zero-order valence-electron chi connectivity index (χ0n) is 29.9. The predicted molar refractivity (Wildman–Crippen MR) is 196 cm³/mol. The number of likely N-dealkylation sites (tertiary alicyclic amines) is 1. The summed E-state index contributed by atoms with van der Waals surface area (Å²) < 4.78 is 6.15. The van der Waals surface area contributed by atoms with Crippen LogP contribution in [0.15, 0.2) is 42.5 Å². The molecule has 2 aromatic carbocycles. The van der Waals surface area contributed by atoms with E-state index in [1.165, 1.54) is 21.6 Å². The molecule has 5 unspecified atom stereocenters. The molecule has 1 saturated heterocycles. The van der Waals surface area contributed by atoms with Gasteiger partial charge in [-0.15, -0.1) is 11.8 Å². The number of ether oxygens (including phenoxy) is 1. The van der Waals surface area contributed by atoms with Gasteiger partial charge in [-0.3, -0.25) is 19.3 Å². The molecule has 3 saturated carbocycles. The van der Waals surface area contributed by atoms with Crippen molar-refractivity contribution in [3.63, 3.8) is 0 Å². The molecule has 4 fully saturated rings. The van der Waals surface area contributed by atoms with Gasteiger partial charge in [0.05, 0.1) is 18.0 Å². The van der Waals surface area contributed by atoms with Gasteiger partial charge in [0.1, 0.15) is 17.3 Å². The lowest BCUT2D eigenvalue weighted by Crippen LogP contribution is -2.47. The molecule has 0 spiro atoms. The highest BCUT2D eigenvalue weighted by Crippen LogP contribution is 2.65. The van der Waals surface area contributed by atoms with Crippen LogP contribution >= 0.6 is 11.8 Å². The van der Waals surface area contributed by atoms with E-state index in [2.05, 4.69) is 37.3 Å².